The Labute approximate surface area is 97.9 Å². The second-order valence-electron chi connectivity index (χ2n) is 3.63. The molecule has 0 saturated carbocycles. The van der Waals surface area contributed by atoms with Crippen LogP contribution in [0.3, 0.4) is 0 Å². The Balaban J connectivity index is 2.55. The van der Waals surface area contributed by atoms with Gasteiger partial charge in [0.1, 0.15) is 11.6 Å². The Bertz CT molecular complexity index is 585. The molecule has 0 radical (unpaired) electrons. The van der Waals surface area contributed by atoms with Crippen molar-refractivity contribution in [2.24, 2.45) is 0 Å². The van der Waals surface area contributed by atoms with Crippen molar-refractivity contribution in [3.8, 4) is 17.2 Å². The molecule has 3 heteroatoms. The summed E-state index contributed by atoms with van der Waals surface area (Å²) in [5, 5.41) is 8.59. The first-order chi connectivity index (χ1) is 8.22. The summed E-state index contributed by atoms with van der Waals surface area (Å²) in [6.45, 7) is 0. The van der Waals surface area contributed by atoms with E-state index in [0.717, 1.165) is 0 Å². The molecule has 0 unspecified atom stereocenters. The van der Waals surface area contributed by atoms with Crippen LogP contribution in [-0.4, -0.2) is 0 Å². The van der Waals surface area contributed by atoms with Crippen LogP contribution in [0, 0.1) is 23.0 Å². The van der Waals surface area contributed by atoms with E-state index in [9.17, 15) is 8.78 Å². The smallest absolute Gasteiger partial charge is 0.131 e. The monoisotopic (exact) mass is 229 g/mol. The Morgan fingerprint density at radius 1 is 0.941 bits per heavy atom. The summed E-state index contributed by atoms with van der Waals surface area (Å²) in [6, 6.07) is 12.3. The van der Waals surface area contributed by atoms with Crippen LogP contribution in [0.5, 0.6) is 0 Å². The lowest BCUT2D eigenvalue weighted by molar-refractivity contribution is 0.616. The van der Waals surface area contributed by atoms with Gasteiger partial charge < -0.3 is 0 Å². The van der Waals surface area contributed by atoms with Gasteiger partial charge in [-0.2, -0.15) is 5.26 Å². The van der Waals surface area contributed by atoms with Crippen LogP contribution < -0.4 is 0 Å². The highest BCUT2D eigenvalue weighted by Gasteiger charge is 2.10. The Kier molecular flexibility index (Phi) is 3.15. The van der Waals surface area contributed by atoms with E-state index in [0.29, 0.717) is 5.56 Å². The lowest BCUT2D eigenvalue weighted by Crippen LogP contribution is -1.91. The van der Waals surface area contributed by atoms with Gasteiger partial charge in [-0.15, -0.1) is 0 Å². The predicted octanol–water partition coefficient (Wildman–Crippen LogP) is 3.70. The molecule has 0 heterocycles. The molecule has 0 amide bonds. The second-order valence-corrected chi connectivity index (χ2v) is 3.63. The van der Waals surface area contributed by atoms with Gasteiger partial charge in [0, 0.05) is 11.1 Å². The van der Waals surface area contributed by atoms with Crippen LogP contribution in [0.2, 0.25) is 0 Å². The number of nitrogens with zero attached hydrogens (tertiary/aromatic N) is 1. The van der Waals surface area contributed by atoms with Crippen molar-refractivity contribution >= 4 is 0 Å². The first kappa shape index (κ1) is 11.3. The van der Waals surface area contributed by atoms with Gasteiger partial charge in [-0.3, -0.25) is 0 Å². The van der Waals surface area contributed by atoms with E-state index >= 15 is 0 Å². The molecule has 0 fully saturated rings. The average molecular weight is 229 g/mol. The molecule has 84 valence electrons. The molecular formula is C14H9F2N. The SMILES string of the molecule is N#CCc1ccc(F)c(-c2ccccc2F)c1. The van der Waals surface area contributed by atoms with Crippen molar-refractivity contribution in [1.29, 1.82) is 5.26 Å². The lowest BCUT2D eigenvalue weighted by Gasteiger charge is -2.06. The molecule has 0 spiro atoms. The summed E-state index contributed by atoms with van der Waals surface area (Å²) < 4.78 is 27.2. The number of halogens is 2. The van der Waals surface area contributed by atoms with Gasteiger partial charge in [0.25, 0.3) is 0 Å². The zero-order valence-electron chi connectivity index (χ0n) is 8.95. The van der Waals surface area contributed by atoms with Crippen molar-refractivity contribution in [1.82, 2.24) is 0 Å². The molecular weight excluding hydrogens is 220 g/mol. The normalized spacial score (nSPS) is 9.94. The molecule has 0 aliphatic rings. The van der Waals surface area contributed by atoms with Gasteiger partial charge in [0.2, 0.25) is 0 Å². The standard InChI is InChI=1S/C14H9F2N/c15-13-4-2-1-3-11(13)12-9-10(7-8-17)5-6-14(12)16/h1-6,9H,7H2. The van der Waals surface area contributed by atoms with E-state index in [1.54, 1.807) is 12.1 Å². The van der Waals surface area contributed by atoms with Gasteiger partial charge in [0.15, 0.2) is 0 Å². The second kappa shape index (κ2) is 4.75. The van der Waals surface area contributed by atoms with Crippen LogP contribution in [-0.2, 0) is 6.42 Å². The fraction of sp³-hybridized carbons (Fsp3) is 0.0714. The highest BCUT2D eigenvalue weighted by molar-refractivity contribution is 5.65. The third-order valence-corrected chi connectivity index (χ3v) is 2.48. The largest absolute Gasteiger partial charge is 0.206 e. The first-order valence-electron chi connectivity index (χ1n) is 5.12. The van der Waals surface area contributed by atoms with E-state index in [4.69, 9.17) is 5.26 Å². The molecule has 0 aliphatic heterocycles. The fourth-order valence-electron chi connectivity index (χ4n) is 1.66. The third-order valence-electron chi connectivity index (χ3n) is 2.48. The van der Waals surface area contributed by atoms with Crippen molar-refractivity contribution in [2.45, 2.75) is 6.42 Å². The van der Waals surface area contributed by atoms with Crippen LogP contribution >= 0.6 is 0 Å². The minimum absolute atomic E-state index is 0.182. The summed E-state index contributed by atoms with van der Waals surface area (Å²) >= 11 is 0. The zero-order valence-corrected chi connectivity index (χ0v) is 8.95. The maximum absolute atomic E-state index is 13.6. The summed E-state index contributed by atoms with van der Waals surface area (Å²) in [5.74, 6) is -0.961. The van der Waals surface area contributed by atoms with Gasteiger partial charge in [-0.05, 0) is 23.8 Å². The van der Waals surface area contributed by atoms with E-state index < -0.39 is 11.6 Å². The molecule has 2 aromatic rings. The number of benzene rings is 2. The molecule has 0 saturated heterocycles. The molecule has 0 atom stereocenters. The number of rotatable bonds is 2. The summed E-state index contributed by atoms with van der Waals surface area (Å²) in [4.78, 5) is 0. The van der Waals surface area contributed by atoms with Crippen LogP contribution in [0.1, 0.15) is 5.56 Å². The summed E-state index contributed by atoms with van der Waals surface area (Å²) in [6.07, 6.45) is 0.182. The lowest BCUT2D eigenvalue weighted by atomic mass is 10.0. The van der Waals surface area contributed by atoms with Crippen LogP contribution in [0.15, 0.2) is 42.5 Å². The Morgan fingerprint density at radius 2 is 1.65 bits per heavy atom. The molecule has 17 heavy (non-hydrogen) atoms. The quantitative estimate of drug-likeness (QED) is 0.770. The molecule has 0 bridgehead atoms. The van der Waals surface area contributed by atoms with Crippen LogP contribution in [0.25, 0.3) is 11.1 Å². The Hall–Kier alpha value is -2.21. The van der Waals surface area contributed by atoms with Crippen LogP contribution in [0.4, 0.5) is 8.78 Å². The highest BCUT2D eigenvalue weighted by atomic mass is 19.1. The number of hydrogen-bond acceptors (Lipinski definition) is 1. The third kappa shape index (κ3) is 2.31. The predicted molar refractivity (Wildman–Crippen MR) is 61.1 cm³/mol. The molecule has 0 aliphatic carbocycles. The summed E-state index contributed by atoms with van der Waals surface area (Å²) in [7, 11) is 0. The average Bonchev–Trinajstić information content (AvgIpc) is 2.33. The maximum Gasteiger partial charge on any atom is 0.131 e. The molecule has 2 aromatic carbocycles. The van der Waals surface area contributed by atoms with Gasteiger partial charge in [-0.1, -0.05) is 24.3 Å². The van der Waals surface area contributed by atoms with Gasteiger partial charge in [-0.25, -0.2) is 8.78 Å². The Morgan fingerprint density at radius 3 is 2.35 bits per heavy atom. The van der Waals surface area contributed by atoms with Gasteiger partial charge >= 0.3 is 0 Å². The minimum atomic E-state index is -0.489. The number of nitriles is 1. The maximum atomic E-state index is 13.6. The van der Waals surface area contributed by atoms with Crippen molar-refractivity contribution in [3.05, 3.63) is 59.7 Å². The van der Waals surface area contributed by atoms with E-state index in [-0.39, 0.29) is 17.5 Å². The molecule has 1 nitrogen and oxygen atoms in total. The minimum Gasteiger partial charge on any atom is -0.206 e. The fourth-order valence-corrected chi connectivity index (χ4v) is 1.66. The first-order valence-corrected chi connectivity index (χ1v) is 5.12. The van der Waals surface area contributed by atoms with E-state index in [2.05, 4.69) is 0 Å². The molecule has 2 rings (SSSR count). The topological polar surface area (TPSA) is 23.8 Å². The highest BCUT2D eigenvalue weighted by Crippen LogP contribution is 2.26. The number of hydrogen-bond donors (Lipinski definition) is 0. The van der Waals surface area contributed by atoms with Crippen molar-refractivity contribution in [2.75, 3.05) is 0 Å². The van der Waals surface area contributed by atoms with E-state index in [1.165, 1.54) is 30.3 Å². The van der Waals surface area contributed by atoms with E-state index in [1.807, 2.05) is 6.07 Å². The van der Waals surface area contributed by atoms with Crippen molar-refractivity contribution in [3.63, 3.8) is 0 Å². The summed E-state index contributed by atoms with van der Waals surface area (Å²) in [5.41, 5.74) is 1.08. The molecule has 0 aromatic heterocycles. The zero-order chi connectivity index (χ0) is 12.3. The van der Waals surface area contributed by atoms with Crippen molar-refractivity contribution < 1.29 is 8.78 Å². The molecule has 0 N–H and O–H groups in total. The van der Waals surface area contributed by atoms with Gasteiger partial charge in [0.05, 0.1) is 12.5 Å².